The molecule has 19 heavy (non-hydrogen) atoms. The lowest BCUT2D eigenvalue weighted by molar-refractivity contribution is -0.146. The largest absolute Gasteiger partial charge is 0.480 e. The smallest absolute Gasteiger partial charge is 0.324 e. The van der Waals surface area contributed by atoms with Gasteiger partial charge in [0.05, 0.1) is 0 Å². The van der Waals surface area contributed by atoms with Crippen molar-refractivity contribution < 1.29 is 9.90 Å². The number of fused-ring (bicyclic) bond motifs is 1. The van der Waals surface area contributed by atoms with Crippen LogP contribution < -0.4 is 5.32 Å². The SMILES string of the molecule is O=C(O)C1(NC2CCCC2)CCc2ccccc2C1. The second-order valence-electron chi connectivity index (χ2n) is 5.96. The number of carboxylic acids is 1. The van der Waals surface area contributed by atoms with Crippen LogP contribution in [-0.4, -0.2) is 22.7 Å². The lowest BCUT2D eigenvalue weighted by Crippen LogP contribution is -2.58. The second kappa shape index (κ2) is 4.97. The predicted molar refractivity (Wildman–Crippen MR) is 74.2 cm³/mol. The van der Waals surface area contributed by atoms with E-state index in [0.29, 0.717) is 18.9 Å². The first kappa shape index (κ1) is 12.7. The van der Waals surface area contributed by atoms with Gasteiger partial charge in [-0.1, -0.05) is 37.1 Å². The summed E-state index contributed by atoms with van der Waals surface area (Å²) in [6.07, 6.45) is 6.88. The van der Waals surface area contributed by atoms with E-state index in [1.807, 2.05) is 12.1 Å². The number of carboxylic acid groups (broad SMARTS) is 1. The van der Waals surface area contributed by atoms with Gasteiger partial charge >= 0.3 is 5.97 Å². The third kappa shape index (κ3) is 2.39. The molecule has 3 nitrogen and oxygen atoms in total. The van der Waals surface area contributed by atoms with Crippen LogP contribution >= 0.6 is 0 Å². The van der Waals surface area contributed by atoms with Gasteiger partial charge in [-0.3, -0.25) is 10.1 Å². The zero-order chi connectivity index (χ0) is 13.3. The minimum atomic E-state index is -0.747. The molecule has 1 aromatic carbocycles. The van der Waals surface area contributed by atoms with Gasteiger partial charge in [0, 0.05) is 12.5 Å². The Morgan fingerprint density at radius 2 is 1.89 bits per heavy atom. The fourth-order valence-electron chi connectivity index (χ4n) is 3.56. The molecule has 0 saturated heterocycles. The zero-order valence-corrected chi connectivity index (χ0v) is 11.2. The van der Waals surface area contributed by atoms with Gasteiger partial charge in [0.2, 0.25) is 0 Å². The standard InChI is InChI=1S/C16H21NO2/c18-15(19)16(17-14-7-3-4-8-14)10-9-12-5-1-2-6-13(12)11-16/h1-2,5-6,14,17H,3-4,7-11H2,(H,18,19). The van der Waals surface area contributed by atoms with Crippen LogP contribution in [0.15, 0.2) is 24.3 Å². The van der Waals surface area contributed by atoms with Crippen molar-refractivity contribution in [3.8, 4) is 0 Å². The van der Waals surface area contributed by atoms with Gasteiger partial charge in [-0.05, 0) is 36.8 Å². The highest BCUT2D eigenvalue weighted by atomic mass is 16.4. The van der Waals surface area contributed by atoms with Crippen LogP contribution in [0.5, 0.6) is 0 Å². The summed E-state index contributed by atoms with van der Waals surface area (Å²) in [6.45, 7) is 0. The number of aryl methyl sites for hydroxylation is 1. The molecule has 0 bridgehead atoms. The second-order valence-corrected chi connectivity index (χ2v) is 5.96. The highest BCUT2D eigenvalue weighted by molar-refractivity contribution is 5.80. The Morgan fingerprint density at radius 3 is 2.58 bits per heavy atom. The van der Waals surface area contributed by atoms with Gasteiger partial charge < -0.3 is 5.11 Å². The van der Waals surface area contributed by atoms with Crippen molar-refractivity contribution in [1.82, 2.24) is 5.32 Å². The molecule has 1 unspecified atom stereocenters. The van der Waals surface area contributed by atoms with E-state index < -0.39 is 11.5 Å². The molecule has 0 heterocycles. The minimum Gasteiger partial charge on any atom is -0.480 e. The van der Waals surface area contributed by atoms with Crippen LogP contribution in [0.3, 0.4) is 0 Å². The average Bonchev–Trinajstić information content (AvgIpc) is 2.91. The molecule has 0 spiro atoms. The van der Waals surface area contributed by atoms with Gasteiger partial charge in [0.25, 0.3) is 0 Å². The third-order valence-electron chi connectivity index (χ3n) is 4.68. The van der Waals surface area contributed by atoms with Crippen molar-refractivity contribution in [2.75, 3.05) is 0 Å². The topological polar surface area (TPSA) is 49.3 Å². The predicted octanol–water partition coefficient (Wildman–Crippen LogP) is 2.53. The molecule has 0 amide bonds. The van der Waals surface area contributed by atoms with Gasteiger partial charge in [0.1, 0.15) is 5.54 Å². The number of hydrogen-bond donors (Lipinski definition) is 2. The Hall–Kier alpha value is -1.35. The van der Waals surface area contributed by atoms with Crippen LogP contribution in [0.2, 0.25) is 0 Å². The van der Waals surface area contributed by atoms with Crippen LogP contribution in [-0.2, 0) is 17.6 Å². The van der Waals surface area contributed by atoms with Gasteiger partial charge in [0.15, 0.2) is 0 Å². The Labute approximate surface area is 114 Å². The number of nitrogens with one attached hydrogen (secondary N) is 1. The van der Waals surface area contributed by atoms with E-state index in [1.165, 1.54) is 24.0 Å². The van der Waals surface area contributed by atoms with E-state index in [9.17, 15) is 9.90 Å². The van der Waals surface area contributed by atoms with Crippen molar-refractivity contribution in [2.24, 2.45) is 0 Å². The molecule has 2 aliphatic rings. The molecule has 0 aliphatic heterocycles. The van der Waals surface area contributed by atoms with Gasteiger partial charge in [-0.2, -0.15) is 0 Å². The molecule has 0 radical (unpaired) electrons. The molecule has 2 N–H and O–H groups in total. The molecular weight excluding hydrogens is 238 g/mol. The molecule has 2 aliphatic carbocycles. The molecule has 3 heteroatoms. The van der Waals surface area contributed by atoms with Crippen LogP contribution in [0.25, 0.3) is 0 Å². The summed E-state index contributed by atoms with van der Waals surface area (Å²) in [5, 5.41) is 13.2. The first-order valence-corrected chi connectivity index (χ1v) is 7.27. The fourth-order valence-corrected chi connectivity index (χ4v) is 3.56. The summed E-state index contributed by atoms with van der Waals surface area (Å²) in [7, 11) is 0. The summed E-state index contributed by atoms with van der Waals surface area (Å²) >= 11 is 0. The Balaban J connectivity index is 1.84. The van der Waals surface area contributed by atoms with Gasteiger partial charge in [-0.25, -0.2) is 0 Å². The lowest BCUT2D eigenvalue weighted by atomic mass is 9.77. The number of carbonyl (C=O) groups is 1. The zero-order valence-electron chi connectivity index (χ0n) is 11.2. The van der Waals surface area contributed by atoms with Crippen LogP contribution in [0.1, 0.15) is 43.2 Å². The van der Waals surface area contributed by atoms with E-state index >= 15 is 0 Å². The molecule has 3 rings (SSSR count). The first-order valence-electron chi connectivity index (χ1n) is 7.27. The highest BCUT2D eigenvalue weighted by Gasteiger charge is 2.42. The molecular formula is C16H21NO2. The Kier molecular flexibility index (Phi) is 3.31. The minimum absolute atomic E-state index is 0.390. The number of rotatable bonds is 3. The van der Waals surface area contributed by atoms with Crippen molar-refractivity contribution in [1.29, 1.82) is 0 Å². The van der Waals surface area contributed by atoms with Crippen molar-refractivity contribution in [3.63, 3.8) is 0 Å². The van der Waals surface area contributed by atoms with Crippen molar-refractivity contribution >= 4 is 5.97 Å². The molecule has 1 aromatic rings. The number of benzene rings is 1. The average molecular weight is 259 g/mol. The Morgan fingerprint density at radius 1 is 1.21 bits per heavy atom. The maximum atomic E-state index is 11.8. The summed E-state index contributed by atoms with van der Waals surface area (Å²) in [5.74, 6) is -0.686. The van der Waals surface area contributed by atoms with Crippen molar-refractivity contribution in [3.05, 3.63) is 35.4 Å². The Bertz CT molecular complexity index is 479. The fraction of sp³-hybridized carbons (Fsp3) is 0.562. The van der Waals surface area contributed by atoms with Gasteiger partial charge in [-0.15, -0.1) is 0 Å². The maximum Gasteiger partial charge on any atom is 0.324 e. The lowest BCUT2D eigenvalue weighted by Gasteiger charge is -2.37. The summed E-state index contributed by atoms with van der Waals surface area (Å²) in [4.78, 5) is 11.8. The normalized spacial score (nSPS) is 27.2. The third-order valence-corrected chi connectivity index (χ3v) is 4.68. The van der Waals surface area contributed by atoms with E-state index in [2.05, 4.69) is 17.4 Å². The van der Waals surface area contributed by atoms with Crippen LogP contribution in [0.4, 0.5) is 0 Å². The first-order chi connectivity index (χ1) is 9.20. The monoisotopic (exact) mass is 259 g/mol. The quantitative estimate of drug-likeness (QED) is 0.877. The van der Waals surface area contributed by atoms with Crippen molar-refractivity contribution in [2.45, 2.75) is 56.5 Å². The molecule has 1 saturated carbocycles. The summed E-state index contributed by atoms with van der Waals surface area (Å²) < 4.78 is 0. The highest BCUT2D eigenvalue weighted by Crippen LogP contribution is 2.31. The summed E-state index contributed by atoms with van der Waals surface area (Å²) in [6, 6.07) is 8.63. The molecule has 1 atom stereocenters. The van der Waals surface area contributed by atoms with E-state index in [0.717, 1.165) is 19.3 Å². The molecule has 102 valence electrons. The number of hydrogen-bond acceptors (Lipinski definition) is 2. The molecule has 1 fully saturated rings. The van der Waals surface area contributed by atoms with E-state index in [4.69, 9.17) is 0 Å². The summed E-state index contributed by atoms with van der Waals surface area (Å²) in [5.41, 5.74) is 1.76. The van der Waals surface area contributed by atoms with Crippen LogP contribution in [0, 0.1) is 0 Å². The molecule has 0 aromatic heterocycles. The number of aliphatic carboxylic acids is 1. The van der Waals surface area contributed by atoms with E-state index in [-0.39, 0.29) is 0 Å². The van der Waals surface area contributed by atoms with E-state index in [1.54, 1.807) is 0 Å². The maximum absolute atomic E-state index is 11.8.